The third kappa shape index (κ3) is 3.53. The zero-order valence-corrected chi connectivity index (χ0v) is 11.4. The zero-order chi connectivity index (χ0) is 15.6. The van der Waals surface area contributed by atoms with Crippen LogP contribution in [0.5, 0.6) is 5.75 Å². The summed E-state index contributed by atoms with van der Waals surface area (Å²) in [6.07, 6.45) is 1.38. The van der Waals surface area contributed by atoms with Crippen molar-refractivity contribution in [2.45, 2.75) is 20.5 Å². The molecule has 8 heteroatoms. The molecule has 1 aromatic carbocycles. The highest BCUT2D eigenvalue weighted by Gasteiger charge is 2.25. The van der Waals surface area contributed by atoms with E-state index in [1.54, 1.807) is 26.0 Å². The van der Waals surface area contributed by atoms with Crippen LogP contribution in [-0.2, 0) is 4.79 Å². The van der Waals surface area contributed by atoms with E-state index < -0.39 is 18.5 Å². The zero-order valence-electron chi connectivity index (χ0n) is 11.4. The summed E-state index contributed by atoms with van der Waals surface area (Å²) in [6.45, 7) is 0.239. The Morgan fingerprint density at radius 2 is 1.95 bits per heavy atom. The van der Waals surface area contributed by atoms with Gasteiger partial charge in [-0.3, -0.25) is 10.1 Å². The molecule has 3 amide bonds. The molecule has 0 aromatic heterocycles. The van der Waals surface area contributed by atoms with E-state index in [0.717, 1.165) is 5.01 Å². The highest BCUT2D eigenvalue weighted by Crippen LogP contribution is 2.25. The Morgan fingerprint density at radius 3 is 2.43 bits per heavy atom. The number of hydrazone groups is 1. The van der Waals surface area contributed by atoms with Crippen molar-refractivity contribution in [2.75, 3.05) is 6.54 Å². The highest BCUT2D eigenvalue weighted by atomic mass is 19.3. The Kier molecular flexibility index (Phi) is 4.15. The van der Waals surface area contributed by atoms with Gasteiger partial charge in [-0.05, 0) is 42.7 Å². The van der Waals surface area contributed by atoms with Crippen LogP contribution >= 0.6 is 0 Å². The van der Waals surface area contributed by atoms with Crippen LogP contribution in [0.15, 0.2) is 17.2 Å². The number of hydrogen-bond acceptors (Lipinski definition) is 4. The van der Waals surface area contributed by atoms with Gasteiger partial charge in [-0.15, -0.1) is 0 Å². The number of halogens is 2. The molecule has 2 rings (SSSR count). The number of nitrogens with one attached hydrogen (secondary N) is 1. The maximum Gasteiger partial charge on any atom is 0.387 e. The molecule has 0 saturated carbocycles. The van der Waals surface area contributed by atoms with Crippen LogP contribution in [0.2, 0.25) is 0 Å². The largest absolute Gasteiger partial charge is 0.434 e. The summed E-state index contributed by atoms with van der Waals surface area (Å²) in [7, 11) is 0. The Hall–Kier alpha value is -2.51. The van der Waals surface area contributed by atoms with Gasteiger partial charge in [-0.1, -0.05) is 0 Å². The predicted octanol–water partition coefficient (Wildman–Crippen LogP) is 1.79. The number of ether oxygens (including phenoxy) is 1. The van der Waals surface area contributed by atoms with Gasteiger partial charge in [-0.25, -0.2) is 9.80 Å². The van der Waals surface area contributed by atoms with Crippen molar-refractivity contribution in [1.29, 1.82) is 0 Å². The lowest BCUT2D eigenvalue weighted by Gasteiger charge is -2.12. The minimum absolute atomic E-state index is 0.122. The van der Waals surface area contributed by atoms with Crippen molar-refractivity contribution in [3.63, 3.8) is 0 Å². The van der Waals surface area contributed by atoms with Crippen LogP contribution < -0.4 is 10.1 Å². The number of benzene rings is 1. The normalized spacial score (nSPS) is 15.2. The van der Waals surface area contributed by atoms with Crippen molar-refractivity contribution >= 4 is 18.2 Å². The van der Waals surface area contributed by atoms with E-state index in [1.807, 2.05) is 0 Å². The summed E-state index contributed by atoms with van der Waals surface area (Å²) < 4.78 is 29.0. The molecule has 1 heterocycles. The number of amides is 3. The fourth-order valence-corrected chi connectivity index (χ4v) is 1.99. The lowest BCUT2D eigenvalue weighted by atomic mass is 10.1. The molecule has 1 N–H and O–H groups in total. The number of alkyl halides is 2. The molecule has 1 aromatic rings. The number of rotatable bonds is 4. The van der Waals surface area contributed by atoms with E-state index >= 15 is 0 Å². The summed E-state index contributed by atoms with van der Waals surface area (Å²) in [4.78, 5) is 22.3. The van der Waals surface area contributed by atoms with Crippen LogP contribution in [0.3, 0.4) is 0 Å². The molecular formula is C13H13F2N3O3. The molecule has 0 bridgehead atoms. The smallest absolute Gasteiger partial charge is 0.387 e. The number of carbonyl (C=O) groups excluding carboxylic acids is 2. The van der Waals surface area contributed by atoms with Crippen LogP contribution in [0.4, 0.5) is 13.6 Å². The maximum atomic E-state index is 12.3. The van der Waals surface area contributed by atoms with Crippen molar-refractivity contribution < 1.29 is 23.1 Å². The molecule has 0 unspecified atom stereocenters. The predicted molar refractivity (Wildman–Crippen MR) is 70.4 cm³/mol. The second kappa shape index (κ2) is 5.86. The average molecular weight is 297 g/mol. The van der Waals surface area contributed by atoms with E-state index in [0.29, 0.717) is 16.7 Å². The molecular weight excluding hydrogens is 284 g/mol. The molecule has 1 aliphatic rings. The third-order valence-electron chi connectivity index (χ3n) is 2.81. The first-order chi connectivity index (χ1) is 9.86. The molecule has 6 nitrogen and oxygen atoms in total. The lowest BCUT2D eigenvalue weighted by Crippen LogP contribution is -2.24. The van der Waals surface area contributed by atoms with Crippen molar-refractivity contribution in [2.24, 2.45) is 5.10 Å². The number of aryl methyl sites for hydroxylation is 2. The first-order valence-electron chi connectivity index (χ1n) is 6.08. The van der Waals surface area contributed by atoms with Crippen molar-refractivity contribution in [1.82, 2.24) is 10.3 Å². The number of nitrogens with zero attached hydrogens (tertiary/aromatic N) is 2. The number of imide groups is 1. The van der Waals surface area contributed by atoms with Gasteiger partial charge in [0.2, 0.25) is 5.91 Å². The second-order valence-corrected chi connectivity index (χ2v) is 4.52. The van der Waals surface area contributed by atoms with E-state index in [4.69, 9.17) is 0 Å². The highest BCUT2D eigenvalue weighted by molar-refractivity contribution is 6.02. The number of urea groups is 1. The summed E-state index contributed by atoms with van der Waals surface area (Å²) in [5.41, 5.74) is 1.66. The summed E-state index contributed by atoms with van der Waals surface area (Å²) in [5, 5.41) is 6.95. The molecule has 0 aliphatic carbocycles. The maximum absolute atomic E-state index is 12.3. The minimum atomic E-state index is -2.89. The number of carbonyl (C=O) groups is 2. The van der Waals surface area contributed by atoms with E-state index in [9.17, 15) is 18.4 Å². The van der Waals surface area contributed by atoms with Crippen LogP contribution in [0, 0.1) is 13.8 Å². The molecule has 0 radical (unpaired) electrons. The van der Waals surface area contributed by atoms with E-state index in [-0.39, 0.29) is 12.3 Å². The lowest BCUT2D eigenvalue weighted by molar-refractivity contribution is -0.118. The van der Waals surface area contributed by atoms with Gasteiger partial charge < -0.3 is 4.74 Å². The minimum Gasteiger partial charge on any atom is -0.434 e. The SMILES string of the molecule is Cc1cc(/C=N\N2CC(=O)NC2=O)cc(C)c1OC(F)F. The Bertz CT molecular complexity index is 594. The average Bonchev–Trinajstić information content (AvgIpc) is 2.69. The van der Waals surface area contributed by atoms with Gasteiger partial charge >= 0.3 is 12.6 Å². The first-order valence-corrected chi connectivity index (χ1v) is 6.08. The van der Waals surface area contributed by atoms with Crippen LogP contribution in [0.25, 0.3) is 0 Å². The third-order valence-corrected chi connectivity index (χ3v) is 2.81. The molecule has 1 aliphatic heterocycles. The Morgan fingerprint density at radius 1 is 1.33 bits per heavy atom. The standard InChI is InChI=1S/C13H13F2N3O3/c1-7-3-9(4-8(2)11(7)21-12(14)15)5-16-18-6-10(19)17-13(18)20/h3-5,12H,6H2,1-2H3,(H,17,19,20)/b16-5-. The number of hydrogen-bond donors (Lipinski definition) is 1. The quantitative estimate of drug-likeness (QED) is 0.680. The summed E-state index contributed by atoms with van der Waals surface area (Å²) in [5.74, 6) is -0.304. The van der Waals surface area contributed by atoms with Gasteiger partial charge in [0, 0.05) is 0 Å². The van der Waals surface area contributed by atoms with Gasteiger partial charge in [0.05, 0.1) is 6.21 Å². The van der Waals surface area contributed by atoms with Gasteiger partial charge in [0.25, 0.3) is 0 Å². The van der Waals surface area contributed by atoms with Crippen LogP contribution in [0.1, 0.15) is 16.7 Å². The van der Waals surface area contributed by atoms with E-state index in [1.165, 1.54) is 6.21 Å². The monoisotopic (exact) mass is 297 g/mol. The topological polar surface area (TPSA) is 71.0 Å². The van der Waals surface area contributed by atoms with Gasteiger partial charge in [0.15, 0.2) is 0 Å². The van der Waals surface area contributed by atoms with Gasteiger partial charge in [-0.2, -0.15) is 13.9 Å². The molecule has 21 heavy (non-hydrogen) atoms. The van der Waals surface area contributed by atoms with Crippen LogP contribution in [-0.4, -0.2) is 36.3 Å². The Balaban J connectivity index is 2.18. The fraction of sp³-hybridized carbons (Fsp3) is 0.308. The molecule has 1 fully saturated rings. The van der Waals surface area contributed by atoms with Crippen molar-refractivity contribution in [3.8, 4) is 5.75 Å². The van der Waals surface area contributed by atoms with Gasteiger partial charge in [0.1, 0.15) is 12.3 Å². The summed E-state index contributed by atoms with van der Waals surface area (Å²) in [6, 6.07) is 2.61. The molecule has 112 valence electrons. The Labute approximate surface area is 119 Å². The second-order valence-electron chi connectivity index (χ2n) is 4.52. The van der Waals surface area contributed by atoms with Crippen molar-refractivity contribution in [3.05, 3.63) is 28.8 Å². The molecule has 0 atom stereocenters. The molecule has 0 spiro atoms. The summed E-state index contributed by atoms with van der Waals surface area (Å²) >= 11 is 0. The molecule has 1 saturated heterocycles. The first kappa shape index (κ1) is 14.9. The fourth-order valence-electron chi connectivity index (χ4n) is 1.99. The van der Waals surface area contributed by atoms with E-state index in [2.05, 4.69) is 15.2 Å².